The molecule has 2 aromatic heterocycles. The molecule has 0 saturated carbocycles. The molecule has 2 rings (SSSR count). The van der Waals surface area contributed by atoms with Gasteiger partial charge in [-0.25, -0.2) is 9.97 Å². The minimum atomic E-state index is -0.227. The molecule has 19 heavy (non-hydrogen) atoms. The summed E-state index contributed by atoms with van der Waals surface area (Å²) >= 11 is 1.41. The first-order valence-electron chi connectivity index (χ1n) is 5.81. The van der Waals surface area contributed by atoms with E-state index in [1.54, 1.807) is 6.07 Å². The Bertz CT molecular complexity index is 595. The van der Waals surface area contributed by atoms with Crippen LogP contribution >= 0.6 is 11.8 Å². The van der Waals surface area contributed by atoms with Crippen molar-refractivity contribution in [2.24, 2.45) is 0 Å². The average Bonchev–Trinajstić information content (AvgIpc) is 2.81. The third-order valence-corrected chi connectivity index (χ3v) is 3.02. The predicted molar refractivity (Wildman–Crippen MR) is 73.2 cm³/mol. The van der Waals surface area contributed by atoms with Crippen LogP contribution in [-0.2, 0) is 6.54 Å². The van der Waals surface area contributed by atoms with Crippen LogP contribution < -0.4 is 5.32 Å². The molecule has 0 radical (unpaired) electrons. The maximum absolute atomic E-state index is 12.0. The summed E-state index contributed by atoms with van der Waals surface area (Å²) in [7, 11) is 0. The van der Waals surface area contributed by atoms with Gasteiger partial charge in [-0.2, -0.15) is 0 Å². The summed E-state index contributed by atoms with van der Waals surface area (Å²) < 4.78 is 5.39. The van der Waals surface area contributed by atoms with E-state index in [-0.39, 0.29) is 5.91 Å². The van der Waals surface area contributed by atoms with E-state index in [2.05, 4.69) is 15.3 Å². The lowest BCUT2D eigenvalue weighted by Gasteiger charge is -2.05. The lowest BCUT2D eigenvalue weighted by Crippen LogP contribution is -2.24. The largest absolute Gasteiger partial charge is 0.465 e. The number of carbonyl (C=O) groups is 1. The monoisotopic (exact) mass is 277 g/mol. The molecule has 0 atom stereocenters. The molecule has 100 valence electrons. The second kappa shape index (κ2) is 5.88. The molecule has 0 fully saturated rings. The van der Waals surface area contributed by atoms with Crippen molar-refractivity contribution in [3.63, 3.8) is 0 Å². The number of thioether (sulfide) groups is 1. The molecule has 0 bridgehead atoms. The van der Waals surface area contributed by atoms with E-state index in [0.717, 1.165) is 17.2 Å². The predicted octanol–water partition coefficient (Wildman–Crippen LogP) is 2.34. The number of nitrogens with zero attached hydrogens (tertiary/aromatic N) is 2. The smallest absolute Gasteiger partial charge is 0.270 e. The Balaban J connectivity index is 2.05. The van der Waals surface area contributed by atoms with E-state index in [4.69, 9.17) is 4.42 Å². The van der Waals surface area contributed by atoms with Crippen molar-refractivity contribution in [2.45, 2.75) is 25.5 Å². The second-order valence-corrected chi connectivity index (χ2v) is 4.85. The zero-order valence-electron chi connectivity index (χ0n) is 11.1. The normalized spacial score (nSPS) is 10.5. The highest BCUT2D eigenvalue weighted by atomic mass is 32.2. The molecule has 0 saturated heterocycles. The summed E-state index contributed by atoms with van der Waals surface area (Å²) in [6.45, 7) is 4.06. The average molecular weight is 277 g/mol. The Morgan fingerprint density at radius 3 is 2.79 bits per heavy atom. The van der Waals surface area contributed by atoms with Gasteiger partial charge in [-0.1, -0.05) is 11.8 Å². The Hall–Kier alpha value is -1.82. The van der Waals surface area contributed by atoms with Gasteiger partial charge >= 0.3 is 0 Å². The van der Waals surface area contributed by atoms with E-state index in [9.17, 15) is 4.79 Å². The molecular formula is C13H15N3O2S. The topological polar surface area (TPSA) is 68.0 Å². The number of carbonyl (C=O) groups excluding carboxylic acids is 1. The van der Waals surface area contributed by atoms with Crippen molar-refractivity contribution >= 4 is 17.7 Å². The number of rotatable bonds is 4. The Morgan fingerprint density at radius 2 is 2.16 bits per heavy atom. The molecule has 6 heteroatoms. The van der Waals surface area contributed by atoms with Gasteiger partial charge in [-0.15, -0.1) is 0 Å². The molecule has 1 amide bonds. The highest BCUT2D eigenvalue weighted by Crippen LogP contribution is 2.11. The maximum atomic E-state index is 12.0. The van der Waals surface area contributed by atoms with Crippen LogP contribution in [0.2, 0.25) is 0 Å². The maximum Gasteiger partial charge on any atom is 0.270 e. The fourth-order valence-electron chi connectivity index (χ4n) is 1.59. The molecular weight excluding hydrogens is 262 g/mol. The first kappa shape index (κ1) is 13.6. The third-order valence-electron chi connectivity index (χ3n) is 2.47. The van der Waals surface area contributed by atoms with Crippen molar-refractivity contribution in [1.29, 1.82) is 0 Å². The van der Waals surface area contributed by atoms with Gasteiger partial charge in [0.25, 0.3) is 5.91 Å². The molecule has 0 unspecified atom stereocenters. The summed E-state index contributed by atoms with van der Waals surface area (Å²) in [4.78, 5) is 20.4. The number of nitrogens with one attached hydrogen (secondary N) is 1. The van der Waals surface area contributed by atoms with E-state index in [1.165, 1.54) is 11.8 Å². The van der Waals surface area contributed by atoms with Gasteiger partial charge in [0.1, 0.15) is 17.2 Å². The summed E-state index contributed by atoms with van der Waals surface area (Å²) in [5.41, 5.74) is 1.15. The molecule has 5 nitrogen and oxygen atoms in total. The van der Waals surface area contributed by atoms with Crippen LogP contribution in [0.4, 0.5) is 0 Å². The van der Waals surface area contributed by atoms with Crippen LogP contribution in [0.3, 0.4) is 0 Å². The lowest BCUT2D eigenvalue weighted by molar-refractivity contribution is 0.0941. The van der Waals surface area contributed by atoms with Gasteiger partial charge in [0, 0.05) is 5.69 Å². The number of aromatic nitrogens is 2. The van der Waals surface area contributed by atoms with Crippen molar-refractivity contribution in [1.82, 2.24) is 15.3 Å². The first-order valence-corrected chi connectivity index (χ1v) is 7.04. The van der Waals surface area contributed by atoms with Gasteiger partial charge in [-0.05, 0) is 38.3 Å². The highest BCUT2D eigenvalue weighted by molar-refractivity contribution is 7.98. The fourth-order valence-corrected chi connectivity index (χ4v) is 2.01. The van der Waals surface area contributed by atoms with Crippen LogP contribution in [-0.4, -0.2) is 22.1 Å². The molecule has 2 heterocycles. The Labute approximate surface area is 115 Å². The summed E-state index contributed by atoms with van der Waals surface area (Å²) in [6, 6.07) is 5.37. The summed E-state index contributed by atoms with van der Waals surface area (Å²) in [6.07, 6.45) is 1.88. The van der Waals surface area contributed by atoms with Crippen LogP contribution in [0, 0.1) is 13.8 Å². The van der Waals surface area contributed by atoms with Crippen LogP contribution in [0.25, 0.3) is 0 Å². The van der Waals surface area contributed by atoms with Gasteiger partial charge in [0.2, 0.25) is 0 Å². The van der Waals surface area contributed by atoms with Crippen LogP contribution in [0.5, 0.6) is 0 Å². The molecule has 0 spiro atoms. The third kappa shape index (κ3) is 3.57. The van der Waals surface area contributed by atoms with E-state index in [1.807, 2.05) is 32.2 Å². The highest BCUT2D eigenvalue weighted by Gasteiger charge is 2.10. The zero-order valence-corrected chi connectivity index (χ0v) is 11.9. The van der Waals surface area contributed by atoms with Crippen molar-refractivity contribution in [2.75, 3.05) is 6.26 Å². The van der Waals surface area contributed by atoms with Gasteiger partial charge < -0.3 is 9.73 Å². The molecule has 1 N–H and O–H groups in total. The Morgan fingerprint density at radius 1 is 1.37 bits per heavy atom. The van der Waals surface area contributed by atoms with Crippen molar-refractivity contribution < 1.29 is 9.21 Å². The molecule has 0 aliphatic carbocycles. The van der Waals surface area contributed by atoms with E-state index < -0.39 is 0 Å². The first-order chi connectivity index (χ1) is 9.08. The molecule has 2 aromatic rings. The zero-order chi connectivity index (χ0) is 13.8. The quantitative estimate of drug-likeness (QED) is 0.686. The minimum absolute atomic E-state index is 0.227. The van der Waals surface area contributed by atoms with Crippen molar-refractivity contribution in [3.8, 4) is 0 Å². The standard InChI is InChI=1S/C13H15N3O2S/c1-8-6-11(16-13(15-8)19-3)12(17)14-7-10-5-4-9(2)18-10/h4-6H,7H2,1-3H3,(H,14,17). The Kier molecular flexibility index (Phi) is 4.21. The number of hydrogen-bond donors (Lipinski definition) is 1. The summed E-state index contributed by atoms with van der Waals surface area (Å²) in [5.74, 6) is 1.32. The lowest BCUT2D eigenvalue weighted by atomic mass is 10.3. The number of furan rings is 1. The molecule has 0 aliphatic rings. The van der Waals surface area contributed by atoms with Gasteiger partial charge in [0.15, 0.2) is 5.16 Å². The minimum Gasteiger partial charge on any atom is -0.465 e. The van der Waals surface area contributed by atoms with Gasteiger partial charge in [-0.3, -0.25) is 4.79 Å². The van der Waals surface area contributed by atoms with Crippen molar-refractivity contribution in [3.05, 3.63) is 41.1 Å². The summed E-state index contributed by atoms with van der Waals surface area (Å²) in [5, 5.41) is 3.37. The van der Waals surface area contributed by atoms with Crippen LogP contribution in [0.15, 0.2) is 27.8 Å². The second-order valence-electron chi connectivity index (χ2n) is 4.08. The molecule has 0 aromatic carbocycles. The number of amides is 1. The van der Waals surface area contributed by atoms with Crippen LogP contribution in [0.1, 0.15) is 27.7 Å². The number of aryl methyl sites for hydroxylation is 2. The molecule has 0 aliphatic heterocycles. The SMILES string of the molecule is CSc1nc(C)cc(C(=O)NCc2ccc(C)o2)n1. The number of hydrogen-bond acceptors (Lipinski definition) is 5. The van der Waals surface area contributed by atoms with Gasteiger partial charge in [0.05, 0.1) is 6.54 Å². The van der Waals surface area contributed by atoms with E-state index >= 15 is 0 Å². The fraction of sp³-hybridized carbons (Fsp3) is 0.308. The van der Waals surface area contributed by atoms with E-state index in [0.29, 0.717) is 17.4 Å².